The number of hydroxylamine groups is 2. The molecule has 0 unspecified atom stereocenters. The molecule has 35 heavy (non-hydrogen) atoms. The third kappa shape index (κ3) is 5.41. The number of nitrogens with zero attached hydrogens (tertiary/aromatic N) is 4. The zero-order valence-electron chi connectivity index (χ0n) is 21.0. The summed E-state index contributed by atoms with van der Waals surface area (Å²) in [5.41, 5.74) is 10.8. The van der Waals surface area contributed by atoms with E-state index in [0.717, 1.165) is 35.5 Å². The van der Waals surface area contributed by atoms with Crippen LogP contribution in [-0.4, -0.2) is 80.3 Å². The van der Waals surface area contributed by atoms with Crippen molar-refractivity contribution in [1.29, 1.82) is 0 Å². The quantitative estimate of drug-likeness (QED) is 0.579. The van der Waals surface area contributed by atoms with Gasteiger partial charge < -0.3 is 20.3 Å². The van der Waals surface area contributed by atoms with Crippen molar-refractivity contribution < 1.29 is 19.2 Å². The van der Waals surface area contributed by atoms with Gasteiger partial charge in [0.15, 0.2) is 5.82 Å². The number of carbonyl (C=O) groups is 2. The summed E-state index contributed by atoms with van der Waals surface area (Å²) in [5.74, 6) is 1.12. The van der Waals surface area contributed by atoms with Gasteiger partial charge in [0.1, 0.15) is 0 Å². The zero-order chi connectivity index (χ0) is 25.1. The second-order valence-electron chi connectivity index (χ2n) is 9.30. The first-order valence-corrected chi connectivity index (χ1v) is 12.1. The monoisotopic (exact) mass is 481 g/mol. The molecule has 1 aliphatic carbocycles. The highest BCUT2D eigenvalue weighted by molar-refractivity contribution is 5.94. The van der Waals surface area contributed by atoms with Crippen LogP contribution in [-0.2, 0) is 14.4 Å². The molecule has 1 aromatic heterocycles. The van der Waals surface area contributed by atoms with Crippen molar-refractivity contribution in [2.24, 2.45) is 0 Å². The first-order chi connectivity index (χ1) is 16.8. The lowest BCUT2D eigenvalue weighted by Crippen LogP contribution is -2.54. The Hall–Kier alpha value is -3.17. The molecule has 188 valence electrons. The first-order valence-electron chi connectivity index (χ1n) is 12.1. The van der Waals surface area contributed by atoms with Crippen LogP contribution in [0.3, 0.4) is 0 Å². The van der Waals surface area contributed by atoms with Crippen LogP contribution in [0.15, 0.2) is 30.3 Å². The molecule has 0 radical (unpaired) electrons. The van der Waals surface area contributed by atoms with Crippen LogP contribution in [0, 0.1) is 0 Å². The molecule has 1 aromatic carbocycles. The molecule has 0 spiro atoms. The minimum atomic E-state index is -0.205. The Morgan fingerprint density at radius 1 is 1.17 bits per heavy atom. The van der Waals surface area contributed by atoms with Crippen LogP contribution in [0.25, 0.3) is 11.1 Å². The third-order valence-corrected chi connectivity index (χ3v) is 6.79. The fourth-order valence-electron chi connectivity index (χ4n) is 4.60. The van der Waals surface area contributed by atoms with Crippen molar-refractivity contribution in [2.45, 2.75) is 38.1 Å². The zero-order valence-corrected chi connectivity index (χ0v) is 21.0. The molecular weight excluding hydrogens is 446 g/mol. The summed E-state index contributed by atoms with van der Waals surface area (Å²) in [6.45, 7) is 4.51. The largest absolute Gasteiger partial charge is 0.396 e. The minimum absolute atomic E-state index is 0.0636. The lowest BCUT2D eigenvalue weighted by molar-refractivity contribution is -0.134. The molecule has 2 amide bonds. The van der Waals surface area contributed by atoms with Crippen molar-refractivity contribution in [2.75, 3.05) is 58.1 Å². The van der Waals surface area contributed by atoms with E-state index in [9.17, 15) is 9.59 Å². The van der Waals surface area contributed by atoms with Gasteiger partial charge in [-0.1, -0.05) is 12.1 Å². The normalized spacial score (nSPS) is 18.0. The number of benzene rings is 1. The lowest BCUT2D eigenvalue weighted by Gasteiger charge is -2.41. The summed E-state index contributed by atoms with van der Waals surface area (Å²) in [6, 6.07) is 9.55. The number of piperazine rings is 1. The highest BCUT2D eigenvalue weighted by Crippen LogP contribution is 2.45. The van der Waals surface area contributed by atoms with Gasteiger partial charge in [-0.3, -0.25) is 14.4 Å². The van der Waals surface area contributed by atoms with Crippen molar-refractivity contribution in [3.05, 3.63) is 41.6 Å². The number of nitrogen functional groups attached to an aromatic ring is 1. The minimum Gasteiger partial charge on any atom is -0.396 e. The third-order valence-electron chi connectivity index (χ3n) is 6.79. The Morgan fingerprint density at radius 2 is 1.89 bits per heavy atom. The second-order valence-corrected chi connectivity index (χ2v) is 9.30. The van der Waals surface area contributed by atoms with E-state index in [1.807, 2.05) is 23.1 Å². The molecule has 1 saturated carbocycles. The maximum Gasteiger partial charge on any atom is 0.277 e. The van der Waals surface area contributed by atoms with Gasteiger partial charge >= 0.3 is 0 Å². The van der Waals surface area contributed by atoms with Gasteiger partial charge in [-0.25, -0.2) is 10.0 Å². The summed E-state index contributed by atoms with van der Waals surface area (Å²) in [7, 11) is 4.66. The maximum absolute atomic E-state index is 12.5. The fraction of sp³-hybridized carbons (Fsp3) is 0.500. The van der Waals surface area contributed by atoms with E-state index in [1.54, 1.807) is 26.3 Å². The van der Waals surface area contributed by atoms with Gasteiger partial charge in [-0.2, -0.15) is 0 Å². The summed E-state index contributed by atoms with van der Waals surface area (Å²) < 4.78 is 5.06. The van der Waals surface area contributed by atoms with Gasteiger partial charge in [-0.15, -0.1) is 0 Å². The average Bonchev–Trinajstić information content (AvgIpc) is 3.71. The second kappa shape index (κ2) is 10.6. The molecule has 2 heterocycles. The van der Waals surface area contributed by atoms with E-state index in [1.165, 1.54) is 12.2 Å². The number of amides is 2. The van der Waals surface area contributed by atoms with Crippen LogP contribution in [0.1, 0.15) is 48.2 Å². The number of hydrogen-bond donors (Lipinski definition) is 1. The Labute approximate surface area is 206 Å². The number of hydrogen-bond acceptors (Lipinski definition) is 7. The van der Waals surface area contributed by atoms with Gasteiger partial charge in [0.05, 0.1) is 31.5 Å². The number of anilines is 2. The Kier molecular flexibility index (Phi) is 7.57. The van der Waals surface area contributed by atoms with E-state index in [0.29, 0.717) is 49.8 Å². The number of rotatable bonds is 8. The van der Waals surface area contributed by atoms with Crippen LogP contribution in [0.2, 0.25) is 0 Å². The SMILES string of the molecule is COCCC(=O)N1CCN(c2nc(C3CC3)c(-c3ccc(C(=O)N(C)OC)cc3)cc2N)C[C@H]1C. The smallest absolute Gasteiger partial charge is 0.277 e. The van der Waals surface area contributed by atoms with Gasteiger partial charge in [0, 0.05) is 56.9 Å². The van der Waals surface area contributed by atoms with Crippen molar-refractivity contribution >= 4 is 23.3 Å². The van der Waals surface area contributed by atoms with Crippen LogP contribution < -0.4 is 10.6 Å². The lowest BCUT2D eigenvalue weighted by atomic mass is 9.99. The topological polar surface area (TPSA) is 101 Å². The van der Waals surface area contributed by atoms with E-state index in [2.05, 4.69) is 11.8 Å². The van der Waals surface area contributed by atoms with Crippen molar-refractivity contribution in [1.82, 2.24) is 14.9 Å². The van der Waals surface area contributed by atoms with E-state index >= 15 is 0 Å². The molecule has 9 nitrogen and oxygen atoms in total. The highest BCUT2D eigenvalue weighted by atomic mass is 16.7. The molecule has 2 N–H and O–H groups in total. The average molecular weight is 482 g/mol. The van der Waals surface area contributed by atoms with E-state index < -0.39 is 0 Å². The summed E-state index contributed by atoms with van der Waals surface area (Å²) in [4.78, 5) is 39.0. The first kappa shape index (κ1) is 24.9. The number of methoxy groups -OCH3 is 1. The molecule has 1 aliphatic heterocycles. The molecule has 1 saturated heterocycles. The molecule has 2 fully saturated rings. The van der Waals surface area contributed by atoms with Gasteiger partial charge in [0.25, 0.3) is 5.91 Å². The Morgan fingerprint density at radius 3 is 2.49 bits per heavy atom. The van der Waals surface area contributed by atoms with E-state index in [-0.39, 0.29) is 17.9 Å². The number of nitrogens with two attached hydrogens (primary N) is 1. The molecule has 4 rings (SSSR count). The molecule has 2 aliphatic rings. The van der Waals surface area contributed by atoms with Crippen molar-refractivity contribution in [3.63, 3.8) is 0 Å². The number of carbonyl (C=O) groups excluding carboxylic acids is 2. The predicted octanol–water partition coefficient (Wildman–Crippen LogP) is 2.92. The van der Waals surface area contributed by atoms with Gasteiger partial charge in [-0.05, 0) is 43.5 Å². The highest BCUT2D eigenvalue weighted by Gasteiger charge is 2.32. The van der Waals surface area contributed by atoms with E-state index in [4.69, 9.17) is 20.3 Å². The Bertz CT molecular complexity index is 1070. The molecule has 1 atom stereocenters. The Balaban J connectivity index is 1.56. The maximum atomic E-state index is 12.5. The van der Waals surface area contributed by atoms with Crippen LogP contribution >= 0.6 is 0 Å². The molecular formula is C26H35N5O4. The fourth-order valence-corrected chi connectivity index (χ4v) is 4.60. The van der Waals surface area contributed by atoms with Crippen molar-refractivity contribution in [3.8, 4) is 11.1 Å². The standard InChI is InChI=1S/C26H35N5O4/c1-17-16-30(12-13-31(17)23(32)11-14-34-3)25-22(27)15-21(24(28-25)19-7-8-19)18-5-9-20(10-6-18)26(33)29(2)35-4/h5-6,9-10,15,17,19H,7-8,11-14,16,27H2,1-4H3/t17-/m1/s1. The molecule has 0 bridgehead atoms. The summed E-state index contributed by atoms with van der Waals surface area (Å²) >= 11 is 0. The van der Waals surface area contributed by atoms with Gasteiger partial charge in [0.2, 0.25) is 5.91 Å². The molecule has 9 heteroatoms. The number of ether oxygens (including phenoxy) is 1. The number of pyridine rings is 1. The summed E-state index contributed by atoms with van der Waals surface area (Å²) in [5, 5.41) is 1.20. The number of aromatic nitrogens is 1. The molecule has 2 aromatic rings. The van der Waals surface area contributed by atoms with Crippen LogP contribution in [0.5, 0.6) is 0 Å². The van der Waals surface area contributed by atoms with Crippen LogP contribution in [0.4, 0.5) is 11.5 Å². The summed E-state index contributed by atoms with van der Waals surface area (Å²) in [6.07, 6.45) is 2.61. The predicted molar refractivity (Wildman–Crippen MR) is 135 cm³/mol.